The lowest BCUT2D eigenvalue weighted by atomic mass is 10.2. The summed E-state index contributed by atoms with van der Waals surface area (Å²) in [6.45, 7) is 0.309. The molecule has 0 N–H and O–H groups in total. The fourth-order valence-corrected chi connectivity index (χ4v) is 3.25. The molecule has 0 bridgehead atoms. The predicted octanol–water partition coefficient (Wildman–Crippen LogP) is 3.45. The molecule has 0 aromatic heterocycles. The molecular weight excluding hydrogens is 550 g/mol. The highest BCUT2D eigenvalue weighted by Crippen LogP contribution is 2.26. The first-order valence-corrected chi connectivity index (χ1v) is 9.67. The first kappa shape index (κ1) is 18.6. The molecule has 1 aliphatic heterocycles. The van der Waals surface area contributed by atoms with Crippen molar-refractivity contribution in [2.75, 3.05) is 0 Å². The first-order chi connectivity index (χ1) is 12.1. The SMILES string of the molecule is O=C(OCc1ccccc1I)C1OC1C(=O)OCc1ccccc1I. The highest BCUT2D eigenvalue weighted by atomic mass is 127. The number of carbonyl (C=O) groups is 2. The number of esters is 2. The maximum absolute atomic E-state index is 12.0. The van der Waals surface area contributed by atoms with E-state index in [0.29, 0.717) is 0 Å². The molecule has 2 unspecified atom stereocenters. The molecule has 1 aliphatic rings. The quantitative estimate of drug-likeness (QED) is 0.306. The summed E-state index contributed by atoms with van der Waals surface area (Å²) in [5.74, 6) is -1.09. The fourth-order valence-electron chi connectivity index (χ4n) is 2.16. The average molecular weight is 564 g/mol. The predicted molar refractivity (Wildman–Crippen MR) is 107 cm³/mol. The van der Waals surface area contributed by atoms with Crippen LogP contribution >= 0.6 is 45.2 Å². The molecule has 25 heavy (non-hydrogen) atoms. The summed E-state index contributed by atoms with van der Waals surface area (Å²) in [6.07, 6.45) is -1.74. The highest BCUT2D eigenvalue weighted by Gasteiger charge is 2.52. The van der Waals surface area contributed by atoms with Gasteiger partial charge in [0, 0.05) is 18.3 Å². The van der Waals surface area contributed by atoms with Gasteiger partial charge in [-0.25, -0.2) is 9.59 Å². The van der Waals surface area contributed by atoms with Crippen molar-refractivity contribution in [2.24, 2.45) is 0 Å². The van der Waals surface area contributed by atoms with Gasteiger partial charge in [0.1, 0.15) is 13.2 Å². The second-order valence-corrected chi connectivity index (χ2v) is 7.70. The molecular formula is C18H14I2O5. The number of benzene rings is 2. The molecule has 2 aromatic rings. The van der Waals surface area contributed by atoms with E-state index in [9.17, 15) is 9.59 Å². The summed E-state index contributed by atoms with van der Waals surface area (Å²) in [5.41, 5.74) is 1.82. The molecule has 2 atom stereocenters. The zero-order valence-electron chi connectivity index (χ0n) is 13.0. The van der Waals surface area contributed by atoms with Crippen LogP contribution in [0.1, 0.15) is 11.1 Å². The number of ether oxygens (including phenoxy) is 3. The van der Waals surface area contributed by atoms with Crippen LogP contribution in [0, 0.1) is 7.14 Å². The number of rotatable bonds is 6. The van der Waals surface area contributed by atoms with E-state index in [4.69, 9.17) is 14.2 Å². The molecule has 0 radical (unpaired) electrons. The Morgan fingerprint density at radius 1 is 0.800 bits per heavy atom. The standard InChI is InChI=1S/C18H14I2O5/c19-13-7-3-1-5-11(13)9-23-17(21)15-16(25-15)18(22)24-10-12-6-2-4-8-14(12)20/h1-8,15-16H,9-10H2. The van der Waals surface area contributed by atoms with Crippen molar-refractivity contribution in [1.82, 2.24) is 0 Å². The molecule has 5 nitrogen and oxygen atoms in total. The van der Waals surface area contributed by atoms with Crippen LogP contribution in [-0.2, 0) is 37.0 Å². The van der Waals surface area contributed by atoms with Gasteiger partial charge >= 0.3 is 11.9 Å². The van der Waals surface area contributed by atoms with Crippen molar-refractivity contribution >= 4 is 57.1 Å². The molecule has 130 valence electrons. The molecule has 0 saturated carbocycles. The van der Waals surface area contributed by atoms with Crippen LogP contribution in [0.4, 0.5) is 0 Å². The minimum Gasteiger partial charge on any atom is -0.459 e. The third kappa shape index (κ3) is 4.91. The third-order valence-electron chi connectivity index (χ3n) is 3.61. The second kappa shape index (κ2) is 8.45. The Morgan fingerprint density at radius 3 is 1.60 bits per heavy atom. The molecule has 0 aliphatic carbocycles. The normalized spacial score (nSPS) is 18.5. The average Bonchev–Trinajstić information content (AvgIpc) is 3.41. The van der Waals surface area contributed by atoms with Gasteiger partial charge in [0.25, 0.3) is 0 Å². The van der Waals surface area contributed by atoms with Gasteiger partial charge in [-0.3, -0.25) is 0 Å². The Kier molecular flexibility index (Phi) is 6.29. The Balaban J connectivity index is 1.45. The maximum atomic E-state index is 12.0. The van der Waals surface area contributed by atoms with Gasteiger partial charge < -0.3 is 14.2 Å². The molecule has 0 amide bonds. The third-order valence-corrected chi connectivity index (χ3v) is 5.72. The van der Waals surface area contributed by atoms with Gasteiger partial charge in [-0.1, -0.05) is 36.4 Å². The van der Waals surface area contributed by atoms with Crippen LogP contribution in [0.2, 0.25) is 0 Å². The smallest absolute Gasteiger partial charge is 0.339 e. The number of carbonyl (C=O) groups excluding carboxylic acids is 2. The van der Waals surface area contributed by atoms with Crippen molar-refractivity contribution in [3.8, 4) is 0 Å². The van der Waals surface area contributed by atoms with E-state index in [-0.39, 0.29) is 13.2 Å². The van der Waals surface area contributed by atoms with E-state index in [0.717, 1.165) is 18.3 Å². The molecule has 7 heteroatoms. The van der Waals surface area contributed by atoms with Crippen molar-refractivity contribution in [3.63, 3.8) is 0 Å². The molecule has 2 aromatic carbocycles. The Bertz CT molecular complexity index is 727. The first-order valence-electron chi connectivity index (χ1n) is 7.52. The summed E-state index contributed by atoms with van der Waals surface area (Å²) in [6, 6.07) is 15.2. The summed E-state index contributed by atoms with van der Waals surface area (Å²) in [4.78, 5) is 23.9. The van der Waals surface area contributed by atoms with Gasteiger partial charge in [0.15, 0.2) is 12.2 Å². The molecule has 1 saturated heterocycles. The lowest BCUT2D eigenvalue weighted by Crippen LogP contribution is -2.20. The van der Waals surface area contributed by atoms with Crippen LogP contribution in [0.5, 0.6) is 0 Å². The number of epoxide rings is 1. The number of halogens is 2. The second-order valence-electron chi connectivity index (χ2n) is 5.38. The summed E-state index contributed by atoms with van der Waals surface area (Å²) in [7, 11) is 0. The van der Waals surface area contributed by atoms with Gasteiger partial charge in [0.05, 0.1) is 0 Å². The van der Waals surface area contributed by atoms with E-state index >= 15 is 0 Å². The summed E-state index contributed by atoms with van der Waals surface area (Å²) >= 11 is 4.35. The Hall–Kier alpha value is -1.20. The van der Waals surface area contributed by atoms with Crippen molar-refractivity contribution in [3.05, 3.63) is 66.8 Å². The Morgan fingerprint density at radius 2 is 1.20 bits per heavy atom. The maximum Gasteiger partial charge on any atom is 0.339 e. The van der Waals surface area contributed by atoms with Crippen LogP contribution in [0.15, 0.2) is 48.5 Å². The van der Waals surface area contributed by atoms with Crippen LogP contribution in [0.25, 0.3) is 0 Å². The minimum atomic E-state index is -0.872. The van der Waals surface area contributed by atoms with Gasteiger partial charge in [-0.05, 0) is 57.3 Å². The molecule has 1 fully saturated rings. The molecule has 0 spiro atoms. The summed E-state index contributed by atoms with van der Waals surface area (Å²) < 4.78 is 17.6. The zero-order valence-corrected chi connectivity index (χ0v) is 17.3. The topological polar surface area (TPSA) is 65.1 Å². The van der Waals surface area contributed by atoms with Crippen molar-refractivity contribution < 1.29 is 23.8 Å². The van der Waals surface area contributed by atoms with Gasteiger partial charge in [-0.15, -0.1) is 0 Å². The minimum absolute atomic E-state index is 0.155. The lowest BCUT2D eigenvalue weighted by molar-refractivity contribution is -0.148. The summed E-state index contributed by atoms with van der Waals surface area (Å²) in [5, 5.41) is 0. The number of hydrogen-bond donors (Lipinski definition) is 0. The van der Waals surface area contributed by atoms with E-state index in [1.807, 2.05) is 48.5 Å². The Labute approximate surface area is 172 Å². The van der Waals surface area contributed by atoms with Crippen molar-refractivity contribution in [1.29, 1.82) is 0 Å². The van der Waals surface area contributed by atoms with Crippen LogP contribution in [0.3, 0.4) is 0 Å². The highest BCUT2D eigenvalue weighted by molar-refractivity contribution is 14.1. The zero-order chi connectivity index (χ0) is 17.8. The van der Waals surface area contributed by atoms with Crippen LogP contribution < -0.4 is 0 Å². The fraction of sp³-hybridized carbons (Fsp3) is 0.222. The van der Waals surface area contributed by atoms with E-state index < -0.39 is 24.1 Å². The van der Waals surface area contributed by atoms with E-state index in [1.54, 1.807) is 0 Å². The van der Waals surface area contributed by atoms with E-state index in [2.05, 4.69) is 45.2 Å². The van der Waals surface area contributed by atoms with E-state index in [1.165, 1.54) is 0 Å². The molecule has 1 heterocycles. The largest absolute Gasteiger partial charge is 0.459 e. The van der Waals surface area contributed by atoms with Gasteiger partial charge in [-0.2, -0.15) is 0 Å². The van der Waals surface area contributed by atoms with Gasteiger partial charge in [0.2, 0.25) is 0 Å². The van der Waals surface area contributed by atoms with Crippen LogP contribution in [-0.4, -0.2) is 24.1 Å². The molecule has 3 rings (SSSR count). The lowest BCUT2D eigenvalue weighted by Gasteiger charge is -2.06. The monoisotopic (exact) mass is 564 g/mol. The van der Waals surface area contributed by atoms with Crippen molar-refractivity contribution in [2.45, 2.75) is 25.4 Å². The number of hydrogen-bond acceptors (Lipinski definition) is 5.